The number of rotatable bonds is 5. The number of nitrogens with zero attached hydrogens (tertiary/aromatic N) is 3. The van der Waals surface area contributed by atoms with Gasteiger partial charge in [-0.15, -0.1) is 0 Å². The van der Waals surface area contributed by atoms with Crippen LogP contribution in [0.2, 0.25) is 0 Å². The molecule has 0 amide bonds. The average molecular weight is 455 g/mol. The molecule has 2 saturated heterocycles. The van der Waals surface area contributed by atoms with Gasteiger partial charge in [0, 0.05) is 31.7 Å². The first kappa shape index (κ1) is 21.4. The molecule has 180 valence electrons. The van der Waals surface area contributed by atoms with Gasteiger partial charge in [0.2, 0.25) is 5.95 Å². The van der Waals surface area contributed by atoms with Crippen molar-refractivity contribution in [3.8, 4) is 0 Å². The van der Waals surface area contributed by atoms with Crippen LogP contribution >= 0.6 is 0 Å². The summed E-state index contributed by atoms with van der Waals surface area (Å²) in [7, 11) is 0. The number of aliphatic carboxylic acids is 1. The number of carboxylic acids is 1. The largest absolute Gasteiger partial charge is 0.480 e. The molecule has 4 bridgehead atoms. The van der Waals surface area contributed by atoms with Crippen LogP contribution in [0.1, 0.15) is 64.7 Å². The number of piperidine rings is 1. The molecular formula is C25H38N6O2. The predicted molar refractivity (Wildman–Crippen MR) is 128 cm³/mol. The zero-order chi connectivity index (χ0) is 22.8. The maximum atomic E-state index is 11.4. The monoisotopic (exact) mass is 454 g/mol. The lowest BCUT2D eigenvalue weighted by molar-refractivity contribution is -0.139. The smallest absolute Gasteiger partial charge is 0.320 e. The van der Waals surface area contributed by atoms with E-state index in [1.165, 1.54) is 38.5 Å². The highest BCUT2D eigenvalue weighted by molar-refractivity contribution is 5.74. The van der Waals surface area contributed by atoms with Crippen molar-refractivity contribution in [1.29, 1.82) is 0 Å². The minimum atomic E-state index is -0.735. The lowest BCUT2D eigenvalue weighted by atomic mass is 9.48. The molecule has 1 aromatic rings. The van der Waals surface area contributed by atoms with Crippen molar-refractivity contribution in [2.75, 3.05) is 35.6 Å². The van der Waals surface area contributed by atoms with Crippen LogP contribution in [0.25, 0.3) is 0 Å². The Hall–Kier alpha value is -2.09. The van der Waals surface area contributed by atoms with Crippen molar-refractivity contribution in [3.05, 3.63) is 6.07 Å². The van der Waals surface area contributed by atoms with Gasteiger partial charge >= 0.3 is 5.97 Å². The van der Waals surface area contributed by atoms with E-state index in [0.29, 0.717) is 17.4 Å². The fourth-order valence-corrected chi connectivity index (χ4v) is 8.45. The highest BCUT2D eigenvalue weighted by atomic mass is 16.4. The molecule has 2 aliphatic heterocycles. The highest BCUT2D eigenvalue weighted by Gasteiger charge is 2.53. The highest BCUT2D eigenvalue weighted by Crippen LogP contribution is 2.61. The van der Waals surface area contributed by atoms with Crippen LogP contribution in [0, 0.1) is 28.6 Å². The van der Waals surface area contributed by atoms with Gasteiger partial charge in [0.1, 0.15) is 17.7 Å². The average Bonchev–Trinajstić information content (AvgIpc) is 3.17. The fourth-order valence-electron chi connectivity index (χ4n) is 8.45. The second-order valence-electron chi connectivity index (χ2n) is 12.1. The first-order valence-corrected chi connectivity index (χ1v) is 12.9. The van der Waals surface area contributed by atoms with E-state index in [-0.39, 0.29) is 5.41 Å². The molecule has 4 saturated carbocycles. The van der Waals surface area contributed by atoms with Crippen LogP contribution in [0.15, 0.2) is 6.07 Å². The molecule has 33 heavy (non-hydrogen) atoms. The number of nitrogens with one attached hydrogen (secondary N) is 2. The molecule has 8 nitrogen and oxygen atoms in total. The van der Waals surface area contributed by atoms with E-state index in [4.69, 9.17) is 5.73 Å². The van der Waals surface area contributed by atoms with Crippen LogP contribution in [-0.4, -0.2) is 52.8 Å². The third-order valence-electron chi connectivity index (χ3n) is 9.91. The van der Waals surface area contributed by atoms with Gasteiger partial charge in [0.25, 0.3) is 0 Å². The summed E-state index contributed by atoms with van der Waals surface area (Å²) in [5, 5.41) is 16.3. The summed E-state index contributed by atoms with van der Waals surface area (Å²) in [6.07, 6.45) is 11.1. The Balaban J connectivity index is 1.13. The SMILES string of the molecule is CC(Nc1cc(N2CCC3(CC2)CNC(C(=O)O)C3)nc(N)n1)C12CC3CC(CC(C3)C1)C2. The second-order valence-corrected chi connectivity index (χ2v) is 12.1. The van der Waals surface area contributed by atoms with E-state index in [0.717, 1.165) is 68.3 Å². The van der Waals surface area contributed by atoms with E-state index >= 15 is 0 Å². The molecule has 6 aliphatic rings. The third-order valence-corrected chi connectivity index (χ3v) is 9.91. The number of anilines is 3. The van der Waals surface area contributed by atoms with Crippen molar-refractivity contribution in [2.45, 2.75) is 76.8 Å². The summed E-state index contributed by atoms with van der Waals surface area (Å²) < 4.78 is 0. The van der Waals surface area contributed by atoms with Gasteiger partial charge in [-0.2, -0.15) is 9.97 Å². The molecule has 8 heteroatoms. The molecule has 3 heterocycles. The topological polar surface area (TPSA) is 116 Å². The number of aromatic nitrogens is 2. The number of hydrogen-bond acceptors (Lipinski definition) is 7. The molecule has 2 atom stereocenters. The van der Waals surface area contributed by atoms with Gasteiger partial charge < -0.3 is 26.4 Å². The minimum Gasteiger partial charge on any atom is -0.480 e. The maximum Gasteiger partial charge on any atom is 0.320 e. The summed E-state index contributed by atoms with van der Waals surface area (Å²) in [6.45, 7) is 4.88. The van der Waals surface area contributed by atoms with E-state index in [2.05, 4.69) is 38.5 Å². The normalized spacial score (nSPS) is 37.4. The Bertz CT molecular complexity index is 892. The lowest BCUT2D eigenvalue weighted by Crippen LogP contribution is -2.53. The van der Waals surface area contributed by atoms with Crippen LogP contribution < -0.4 is 21.3 Å². The molecule has 0 radical (unpaired) electrons. The van der Waals surface area contributed by atoms with E-state index < -0.39 is 12.0 Å². The van der Waals surface area contributed by atoms with E-state index in [1.54, 1.807) is 0 Å². The van der Waals surface area contributed by atoms with Crippen molar-refractivity contribution >= 4 is 23.6 Å². The number of carbonyl (C=O) groups is 1. The minimum absolute atomic E-state index is 0.0895. The molecule has 4 aliphatic carbocycles. The van der Waals surface area contributed by atoms with Crippen molar-refractivity contribution < 1.29 is 9.90 Å². The van der Waals surface area contributed by atoms with E-state index in [1.807, 2.05) is 0 Å². The Kier molecular flexibility index (Phi) is 5.02. The summed E-state index contributed by atoms with van der Waals surface area (Å²) in [6, 6.07) is 2.04. The summed E-state index contributed by atoms with van der Waals surface area (Å²) in [5.74, 6) is 4.10. The van der Waals surface area contributed by atoms with Gasteiger partial charge in [0.15, 0.2) is 0 Å². The van der Waals surface area contributed by atoms with Gasteiger partial charge in [0.05, 0.1) is 0 Å². The Morgan fingerprint density at radius 3 is 2.36 bits per heavy atom. The second kappa shape index (κ2) is 7.72. The Morgan fingerprint density at radius 1 is 1.15 bits per heavy atom. The first-order valence-electron chi connectivity index (χ1n) is 12.9. The quantitative estimate of drug-likeness (QED) is 0.536. The van der Waals surface area contributed by atoms with Gasteiger partial charge in [-0.25, -0.2) is 0 Å². The van der Waals surface area contributed by atoms with Gasteiger partial charge in [-0.05, 0) is 93.3 Å². The molecule has 7 rings (SSSR count). The maximum absolute atomic E-state index is 11.4. The Labute approximate surface area is 196 Å². The van der Waals surface area contributed by atoms with Crippen LogP contribution in [-0.2, 0) is 4.79 Å². The molecule has 2 unspecified atom stereocenters. The van der Waals surface area contributed by atoms with Crippen LogP contribution in [0.5, 0.6) is 0 Å². The molecule has 1 spiro atoms. The van der Waals surface area contributed by atoms with Crippen LogP contribution in [0.4, 0.5) is 17.6 Å². The van der Waals surface area contributed by atoms with E-state index in [9.17, 15) is 9.90 Å². The van der Waals surface area contributed by atoms with Crippen LogP contribution in [0.3, 0.4) is 0 Å². The Morgan fingerprint density at radius 2 is 1.79 bits per heavy atom. The summed E-state index contributed by atoms with van der Waals surface area (Å²) >= 11 is 0. The van der Waals surface area contributed by atoms with Crippen molar-refractivity contribution in [3.63, 3.8) is 0 Å². The predicted octanol–water partition coefficient (Wildman–Crippen LogP) is 3.11. The zero-order valence-corrected chi connectivity index (χ0v) is 19.7. The molecule has 5 N–H and O–H groups in total. The third kappa shape index (κ3) is 3.84. The molecule has 1 aromatic heterocycles. The van der Waals surface area contributed by atoms with Crippen molar-refractivity contribution in [1.82, 2.24) is 15.3 Å². The molecule has 0 aromatic carbocycles. The zero-order valence-electron chi connectivity index (χ0n) is 19.7. The van der Waals surface area contributed by atoms with Gasteiger partial charge in [-0.3, -0.25) is 4.79 Å². The number of hydrogen-bond donors (Lipinski definition) is 4. The standard InChI is InChI=1S/C25H38N6O2/c1-15(25-10-16-6-17(11-25)8-18(7-16)12-25)28-20-9-21(30-23(26)29-20)31-4-2-24(3-5-31)13-19(22(32)33)27-14-24/h9,15-19,27H,2-8,10-14H2,1H3,(H,32,33)(H3,26,28,29,30). The molecule has 6 fully saturated rings. The number of nitrogen functional groups attached to an aromatic ring is 1. The lowest BCUT2D eigenvalue weighted by Gasteiger charge is -2.59. The number of nitrogens with two attached hydrogens (primary N) is 1. The first-order chi connectivity index (χ1) is 15.8. The molecular weight excluding hydrogens is 416 g/mol. The number of carboxylic acid groups (broad SMARTS) is 1. The summed E-state index contributed by atoms with van der Waals surface area (Å²) in [5.41, 5.74) is 6.65. The van der Waals surface area contributed by atoms with Crippen molar-refractivity contribution in [2.24, 2.45) is 28.6 Å². The fraction of sp³-hybridized carbons (Fsp3) is 0.800. The summed E-state index contributed by atoms with van der Waals surface area (Å²) in [4.78, 5) is 22.8. The van der Waals surface area contributed by atoms with Gasteiger partial charge in [-0.1, -0.05) is 0 Å².